The van der Waals surface area contributed by atoms with E-state index < -0.39 is 0 Å². The number of halogens is 1. The molecule has 1 unspecified atom stereocenters. The minimum atomic E-state index is -0.324. The summed E-state index contributed by atoms with van der Waals surface area (Å²) in [6, 6.07) is 7.13. The maximum atomic E-state index is 12.6. The summed E-state index contributed by atoms with van der Waals surface area (Å²) in [6.07, 6.45) is 1.67. The summed E-state index contributed by atoms with van der Waals surface area (Å²) in [6.45, 7) is 11.8. The molecule has 0 bridgehead atoms. The molecular weight excluding hydrogens is 496 g/mol. The van der Waals surface area contributed by atoms with Gasteiger partial charge in [-0.15, -0.1) is 0 Å². The first-order chi connectivity index (χ1) is 17.9. The number of rotatable bonds is 6. The average Bonchev–Trinajstić information content (AvgIpc) is 2.93. The third-order valence-corrected chi connectivity index (χ3v) is 5.62. The molecule has 37 heavy (non-hydrogen) atoms. The van der Waals surface area contributed by atoms with Gasteiger partial charge in [0.1, 0.15) is 5.02 Å². The van der Waals surface area contributed by atoms with Crippen molar-refractivity contribution < 1.29 is 14.3 Å². The van der Waals surface area contributed by atoms with E-state index in [-0.39, 0.29) is 29.9 Å². The highest BCUT2D eigenvalue weighted by atomic mass is 35.5. The molecule has 4 rings (SSSR count). The van der Waals surface area contributed by atoms with Gasteiger partial charge in [-0.05, 0) is 31.2 Å². The van der Waals surface area contributed by atoms with Gasteiger partial charge in [0.25, 0.3) is 11.5 Å². The number of hydrogen-bond acceptors (Lipinski definition) is 8. The SMILES string of the molecule is CC.CC.CNC(=O)COc1cc2cc(Nc3nc(N4CCOC(C)C4)ncc3Cl)ccc2n(C)c1=O. The zero-order valence-electron chi connectivity index (χ0n) is 22.6. The minimum Gasteiger partial charge on any atom is -0.478 e. The number of nitrogens with one attached hydrogen (secondary N) is 2. The smallest absolute Gasteiger partial charge is 0.293 e. The molecule has 2 N–H and O–H groups in total. The Bertz CT molecular complexity index is 1250. The second-order valence-corrected chi connectivity index (χ2v) is 8.13. The van der Waals surface area contributed by atoms with E-state index in [0.29, 0.717) is 36.5 Å². The van der Waals surface area contributed by atoms with Crippen molar-refractivity contribution >= 4 is 45.9 Å². The first-order valence-corrected chi connectivity index (χ1v) is 12.9. The fourth-order valence-electron chi connectivity index (χ4n) is 3.58. The predicted molar refractivity (Wildman–Crippen MR) is 149 cm³/mol. The summed E-state index contributed by atoms with van der Waals surface area (Å²) in [5.41, 5.74) is 1.12. The molecule has 0 radical (unpaired) electrons. The third kappa shape index (κ3) is 7.56. The Labute approximate surface area is 223 Å². The van der Waals surface area contributed by atoms with Crippen molar-refractivity contribution in [3.05, 3.63) is 45.8 Å². The Balaban J connectivity index is 0.00000115. The van der Waals surface area contributed by atoms with Crippen LogP contribution in [0.25, 0.3) is 10.9 Å². The fourth-order valence-corrected chi connectivity index (χ4v) is 3.72. The normalized spacial score (nSPS) is 14.6. The van der Waals surface area contributed by atoms with Crippen LogP contribution >= 0.6 is 11.6 Å². The molecule has 0 saturated carbocycles. The number of hydrogen-bond donors (Lipinski definition) is 2. The van der Waals surface area contributed by atoms with Crippen molar-refractivity contribution in [2.24, 2.45) is 7.05 Å². The van der Waals surface area contributed by atoms with Crippen LogP contribution in [-0.2, 0) is 16.6 Å². The third-order valence-electron chi connectivity index (χ3n) is 5.35. The van der Waals surface area contributed by atoms with E-state index in [2.05, 4.69) is 25.5 Å². The number of aryl methyl sites for hydroxylation is 1. The summed E-state index contributed by atoms with van der Waals surface area (Å²) in [4.78, 5) is 35.1. The number of ether oxygens (including phenoxy) is 2. The molecule has 1 aromatic carbocycles. The summed E-state index contributed by atoms with van der Waals surface area (Å²) < 4.78 is 12.5. The van der Waals surface area contributed by atoms with E-state index in [0.717, 1.165) is 16.6 Å². The maximum Gasteiger partial charge on any atom is 0.293 e. The predicted octanol–water partition coefficient (Wildman–Crippen LogP) is 4.13. The van der Waals surface area contributed by atoms with Crippen LogP contribution in [0.15, 0.2) is 35.3 Å². The van der Waals surface area contributed by atoms with Crippen LogP contribution in [0.3, 0.4) is 0 Å². The van der Waals surface area contributed by atoms with Crippen molar-refractivity contribution in [2.75, 3.05) is 43.6 Å². The number of amides is 1. The summed E-state index contributed by atoms with van der Waals surface area (Å²) >= 11 is 6.35. The second kappa shape index (κ2) is 14.4. The lowest BCUT2D eigenvalue weighted by Crippen LogP contribution is -2.42. The van der Waals surface area contributed by atoms with E-state index in [4.69, 9.17) is 21.1 Å². The molecule has 0 aliphatic carbocycles. The van der Waals surface area contributed by atoms with Gasteiger partial charge >= 0.3 is 0 Å². The monoisotopic (exact) mass is 532 g/mol. The Hall–Kier alpha value is -3.37. The zero-order valence-corrected chi connectivity index (χ0v) is 23.3. The van der Waals surface area contributed by atoms with Crippen molar-refractivity contribution in [3.63, 3.8) is 0 Å². The molecule has 2 aromatic heterocycles. The number of morpholine rings is 1. The van der Waals surface area contributed by atoms with Gasteiger partial charge in [0.2, 0.25) is 5.95 Å². The van der Waals surface area contributed by atoms with Gasteiger partial charge in [-0.2, -0.15) is 4.98 Å². The number of nitrogens with zero attached hydrogens (tertiary/aromatic N) is 4. The highest BCUT2D eigenvalue weighted by molar-refractivity contribution is 6.32. The maximum absolute atomic E-state index is 12.6. The van der Waals surface area contributed by atoms with Gasteiger partial charge in [-0.1, -0.05) is 39.3 Å². The quantitative estimate of drug-likeness (QED) is 0.487. The van der Waals surface area contributed by atoms with E-state index in [1.807, 2.05) is 52.8 Å². The largest absolute Gasteiger partial charge is 0.478 e. The summed E-state index contributed by atoms with van der Waals surface area (Å²) in [5.74, 6) is 0.817. The van der Waals surface area contributed by atoms with Gasteiger partial charge in [0, 0.05) is 38.3 Å². The molecule has 202 valence electrons. The van der Waals surface area contributed by atoms with Gasteiger partial charge in [-0.25, -0.2) is 4.98 Å². The number of fused-ring (bicyclic) bond motifs is 1. The molecule has 1 fully saturated rings. The highest BCUT2D eigenvalue weighted by Crippen LogP contribution is 2.28. The Kier molecular flexibility index (Phi) is 11.6. The van der Waals surface area contributed by atoms with Crippen LogP contribution in [0.5, 0.6) is 5.75 Å². The lowest BCUT2D eigenvalue weighted by molar-refractivity contribution is -0.122. The summed E-state index contributed by atoms with van der Waals surface area (Å²) in [5, 5.41) is 6.83. The van der Waals surface area contributed by atoms with Crippen molar-refractivity contribution in [1.82, 2.24) is 19.9 Å². The van der Waals surface area contributed by atoms with Crippen LogP contribution in [0.4, 0.5) is 17.5 Å². The van der Waals surface area contributed by atoms with Gasteiger partial charge in [0.05, 0.1) is 24.4 Å². The topological polar surface area (TPSA) is 111 Å². The van der Waals surface area contributed by atoms with Crippen molar-refractivity contribution in [1.29, 1.82) is 0 Å². The van der Waals surface area contributed by atoms with Crippen molar-refractivity contribution in [3.8, 4) is 5.75 Å². The Morgan fingerprint density at radius 3 is 2.65 bits per heavy atom. The molecule has 0 spiro atoms. The van der Waals surface area contributed by atoms with Gasteiger partial charge in [0.15, 0.2) is 18.2 Å². The van der Waals surface area contributed by atoms with E-state index >= 15 is 0 Å². The van der Waals surface area contributed by atoms with Crippen LogP contribution in [0.2, 0.25) is 5.02 Å². The van der Waals surface area contributed by atoms with Crippen LogP contribution in [-0.4, -0.2) is 59.9 Å². The Morgan fingerprint density at radius 1 is 1.24 bits per heavy atom. The Morgan fingerprint density at radius 2 is 1.97 bits per heavy atom. The number of anilines is 3. The summed E-state index contributed by atoms with van der Waals surface area (Å²) in [7, 11) is 3.16. The number of benzene rings is 1. The number of carbonyl (C=O) groups excluding carboxylic acids is 1. The molecule has 3 heterocycles. The number of aromatic nitrogens is 3. The first kappa shape index (κ1) is 29.9. The molecule has 10 nitrogen and oxygen atoms in total. The average molecular weight is 533 g/mol. The molecule has 1 atom stereocenters. The van der Waals surface area contributed by atoms with E-state index in [1.54, 1.807) is 19.3 Å². The van der Waals surface area contributed by atoms with E-state index in [9.17, 15) is 9.59 Å². The van der Waals surface area contributed by atoms with Crippen LogP contribution < -0.4 is 25.8 Å². The second-order valence-electron chi connectivity index (χ2n) is 7.73. The molecule has 11 heteroatoms. The van der Waals surface area contributed by atoms with Crippen LogP contribution in [0, 0.1) is 0 Å². The number of carbonyl (C=O) groups is 1. The molecule has 1 aliphatic rings. The molecule has 1 aliphatic heterocycles. The molecule has 1 saturated heterocycles. The number of pyridine rings is 1. The van der Waals surface area contributed by atoms with E-state index in [1.165, 1.54) is 11.6 Å². The van der Waals surface area contributed by atoms with Crippen molar-refractivity contribution in [2.45, 2.75) is 40.7 Å². The molecule has 3 aromatic rings. The zero-order chi connectivity index (χ0) is 27.5. The van der Waals surface area contributed by atoms with Gasteiger partial charge in [-0.3, -0.25) is 9.59 Å². The first-order valence-electron chi connectivity index (χ1n) is 12.5. The standard InChI is InChI=1S/C22H25ClN6O4.2C2H6/c1-13-11-29(6-7-32-13)22-25-10-16(23)20(27-22)26-15-4-5-17-14(8-15)9-18(21(31)28(17)3)33-12-19(30)24-2;2*1-2/h4-5,8-10,13H,6-7,11-12H2,1-3H3,(H,24,30)(H,25,26,27);2*1-2H3. The lowest BCUT2D eigenvalue weighted by atomic mass is 10.2. The highest BCUT2D eigenvalue weighted by Gasteiger charge is 2.20. The van der Waals surface area contributed by atoms with Crippen LogP contribution in [0.1, 0.15) is 34.6 Å². The lowest BCUT2D eigenvalue weighted by Gasteiger charge is -2.31. The number of likely N-dealkylation sites (N-methyl/N-ethyl adjacent to an activating group) is 1. The van der Waals surface area contributed by atoms with Gasteiger partial charge < -0.3 is 29.6 Å². The minimum absolute atomic E-state index is 0.0922. The fraction of sp³-hybridized carbons (Fsp3) is 0.462. The molecular formula is C26H37ClN6O4. The molecule has 1 amide bonds.